The second-order valence-electron chi connectivity index (χ2n) is 4.82. The van der Waals surface area contributed by atoms with Crippen molar-refractivity contribution in [3.8, 4) is 0 Å². The average Bonchev–Trinajstić information content (AvgIpc) is 2.87. The SMILES string of the molecule is Cc1cc(C)n([C@H](C)C[C@H](C)n2ccnc2)n1. The summed E-state index contributed by atoms with van der Waals surface area (Å²) in [5.41, 5.74) is 2.32. The van der Waals surface area contributed by atoms with Gasteiger partial charge in [0.1, 0.15) is 0 Å². The van der Waals surface area contributed by atoms with Crippen molar-refractivity contribution in [1.29, 1.82) is 0 Å². The number of imidazole rings is 1. The fraction of sp³-hybridized carbons (Fsp3) is 0.538. The van der Waals surface area contributed by atoms with Crippen LogP contribution in [-0.4, -0.2) is 19.3 Å². The molecule has 0 N–H and O–H groups in total. The van der Waals surface area contributed by atoms with E-state index in [0.717, 1.165) is 12.1 Å². The van der Waals surface area contributed by atoms with Crippen molar-refractivity contribution < 1.29 is 0 Å². The van der Waals surface area contributed by atoms with Crippen molar-refractivity contribution in [1.82, 2.24) is 19.3 Å². The minimum atomic E-state index is 0.404. The topological polar surface area (TPSA) is 35.6 Å². The van der Waals surface area contributed by atoms with E-state index in [-0.39, 0.29) is 0 Å². The van der Waals surface area contributed by atoms with Gasteiger partial charge in [0.05, 0.1) is 18.1 Å². The highest BCUT2D eigenvalue weighted by Gasteiger charge is 2.14. The molecule has 0 unspecified atom stereocenters. The first-order valence-corrected chi connectivity index (χ1v) is 6.08. The summed E-state index contributed by atoms with van der Waals surface area (Å²) >= 11 is 0. The van der Waals surface area contributed by atoms with Gasteiger partial charge in [-0.1, -0.05) is 0 Å². The van der Waals surface area contributed by atoms with Gasteiger partial charge < -0.3 is 4.57 Å². The van der Waals surface area contributed by atoms with E-state index in [2.05, 4.69) is 46.2 Å². The Kier molecular flexibility index (Phi) is 3.31. The van der Waals surface area contributed by atoms with Crippen LogP contribution in [-0.2, 0) is 0 Å². The zero-order valence-corrected chi connectivity index (χ0v) is 11.0. The van der Waals surface area contributed by atoms with Crippen LogP contribution >= 0.6 is 0 Å². The van der Waals surface area contributed by atoms with Gasteiger partial charge in [0, 0.05) is 24.1 Å². The lowest BCUT2D eigenvalue weighted by molar-refractivity contribution is 0.370. The summed E-state index contributed by atoms with van der Waals surface area (Å²) in [7, 11) is 0. The molecule has 0 aliphatic heterocycles. The second kappa shape index (κ2) is 4.73. The quantitative estimate of drug-likeness (QED) is 0.812. The molecule has 0 amide bonds. The molecule has 0 fully saturated rings. The Hall–Kier alpha value is -1.58. The van der Waals surface area contributed by atoms with E-state index in [0.29, 0.717) is 12.1 Å². The summed E-state index contributed by atoms with van der Waals surface area (Å²) in [5.74, 6) is 0. The van der Waals surface area contributed by atoms with Crippen LogP contribution < -0.4 is 0 Å². The Balaban J connectivity index is 2.06. The van der Waals surface area contributed by atoms with Crippen LogP contribution in [0.15, 0.2) is 24.8 Å². The van der Waals surface area contributed by atoms with Crippen molar-refractivity contribution in [2.45, 2.75) is 46.2 Å². The summed E-state index contributed by atoms with van der Waals surface area (Å²) in [5, 5.41) is 4.54. The van der Waals surface area contributed by atoms with Crippen LogP contribution in [0.3, 0.4) is 0 Å². The van der Waals surface area contributed by atoms with E-state index in [1.54, 1.807) is 0 Å². The van der Waals surface area contributed by atoms with Crippen LogP contribution in [0.4, 0.5) is 0 Å². The van der Waals surface area contributed by atoms with Gasteiger partial charge in [0.25, 0.3) is 0 Å². The Bertz CT molecular complexity index is 470. The first-order chi connectivity index (χ1) is 8.08. The van der Waals surface area contributed by atoms with E-state index in [4.69, 9.17) is 0 Å². The predicted octanol–water partition coefficient (Wildman–Crippen LogP) is 2.91. The van der Waals surface area contributed by atoms with E-state index < -0.39 is 0 Å². The molecule has 0 aliphatic rings. The van der Waals surface area contributed by atoms with Gasteiger partial charge in [-0.05, 0) is 40.2 Å². The summed E-state index contributed by atoms with van der Waals surface area (Å²) in [4.78, 5) is 4.09. The molecule has 2 aromatic heterocycles. The van der Waals surface area contributed by atoms with E-state index in [1.807, 2.05) is 25.6 Å². The lowest BCUT2D eigenvalue weighted by Crippen LogP contribution is -2.14. The molecule has 92 valence electrons. The highest BCUT2D eigenvalue weighted by atomic mass is 15.3. The molecule has 0 spiro atoms. The Morgan fingerprint density at radius 1 is 1.24 bits per heavy atom. The molecule has 0 aliphatic carbocycles. The van der Waals surface area contributed by atoms with Crippen molar-refractivity contribution >= 4 is 0 Å². The van der Waals surface area contributed by atoms with Crippen molar-refractivity contribution in [3.63, 3.8) is 0 Å². The van der Waals surface area contributed by atoms with Crippen LogP contribution in [0.1, 0.15) is 43.7 Å². The lowest BCUT2D eigenvalue weighted by atomic mass is 10.1. The molecular formula is C13H20N4. The maximum absolute atomic E-state index is 4.54. The van der Waals surface area contributed by atoms with Gasteiger partial charge in [-0.3, -0.25) is 4.68 Å². The fourth-order valence-electron chi connectivity index (χ4n) is 2.34. The minimum Gasteiger partial charge on any atom is -0.335 e. The molecule has 0 saturated carbocycles. The standard InChI is InChI=1S/C13H20N4/c1-10-7-12(3)17(15-10)13(4)8-11(2)16-6-5-14-9-16/h5-7,9,11,13H,8H2,1-4H3/t11-,13+/m0/s1. The molecule has 4 nitrogen and oxygen atoms in total. The number of aromatic nitrogens is 4. The van der Waals surface area contributed by atoms with E-state index in [1.165, 1.54) is 5.69 Å². The van der Waals surface area contributed by atoms with Crippen LogP contribution in [0, 0.1) is 13.8 Å². The van der Waals surface area contributed by atoms with Crippen molar-refractivity contribution in [2.75, 3.05) is 0 Å². The van der Waals surface area contributed by atoms with E-state index >= 15 is 0 Å². The minimum absolute atomic E-state index is 0.404. The first kappa shape index (κ1) is 11.9. The summed E-state index contributed by atoms with van der Waals surface area (Å²) in [6.07, 6.45) is 6.76. The molecule has 0 saturated heterocycles. The average molecular weight is 232 g/mol. The fourth-order valence-corrected chi connectivity index (χ4v) is 2.34. The third-order valence-electron chi connectivity index (χ3n) is 3.18. The summed E-state index contributed by atoms with van der Waals surface area (Å²) in [6, 6.07) is 2.97. The van der Waals surface area contributed by atoms with E-state index in [9.17, 15) is 0 Å². The zero-order valence-electron chi connectivity index (χ0n) is 11.0. The number of hydrogen-bond acceptors (Lipinski definition) is 2. The molecule has 2 rings (SSSR count). The Morgan fingerprint density at radius 2 is 2.00 bits per heavy atom. The molecule has 2 aromatic rings. The number of rotatable bonds is 4. The third-order valence-corrected chi connectivity index (χ3v) is 3.18. The summed E-state index contributed by atoms with van der Waals surface area (Å²) in [6.45, 7) is 8.57. The Labute approximate surface area is 102 Å². The van der Waals surface area contributed by atoms with Crippen LogP contribution in [0.5, 0.6) is 0 Å². The van der Waals surface area contributed by atoms with Gasteiger partial charge in [0.2, 0.25) is 0 Å². The van der Waals surface area contributed by atoms with Gasteiger partial charge in [-0.15, -0.1) is 0 Å². The zero-order chi connectivity index (χ0) is 12.4. The molecule has 2 heterocycles. The maximum atomic E-state index is 4.54. The normalized spacial score (nSPS) is 14.8. The first-order valence-electron chi connectivity index (χ1n) is 6.08. The maximum Gasteiger partial charge on any atom is 0.0948 e. The lowest BCUT2D eigenvalue weighted by Gasteiger charge is -2.20. The molecule has 17 heavy (non-hydrogen) atoms. The highest BCUT2D eigenvalue weighted by Crippen LogP contribution is 2.21. The number of aryl methyl sites for hydroxylation is 2. The Morgan fingerprint density at radius 3 is 2.53 bits per heavy atom. The molecule has 4 heteroatoms. The van der Waals surface area contributed by atoms with Crippen molar-refractivity contribution in [3.05, 3.63) is 36.2 Å². The molecular weight excluding hydrogens is 212 g/mol. The number of nitrogens with zero attached hydrogens (tertiary/aromatic N) is 4. The molecule has 0 aromatic carbocycles. The highest BCUT2D eigenvalue weighted by molar-refractivity contribution is 5.07. The van der Waals surface area contributed by atoms with Crippen LogP contribution in [0.2, 0.25) is 0 Å². The smallest absolute Gasteiger partial charge is 0.0948 e. The molecule has 0 bridgehead atoms. The second-order valence-corrected chi connectivity index (χ2v) is 4.82. The number of hydrogen-bond donors (Lipinski definition) is 0. The van der Waals surface area contributed by atoms with Crippen LogP contribution in [0.25, 0.3) is 0 Å². The van der Waals surface area contributed by atoms with Gasteiger partial charge >= 0.3 is 0 Å². The monoisotopic (exact) mass is 232 g/mol. The predicted molar refractivity (Wildman–Crippen MR) is 68.0 cm³/mol. The third kappa shape index (κ3) is 2.57. The van der Waals surface area contributed by atoms with Crippen molar-refractivity contribution in [2.24, 2.45) is 0 Å². The molecule has 2 atom stereocenters. The van der Waals surface area contributed by atoms with Gasteiger partial charge in [-0.25, -0.2) is 4.98 Å². The summed E-state index contributed by atoms with van der Waals surface area (Å²) < 4.78 is 4.25. The molecule has 0 radical (unpaired) electrons. The largest absolute Gasteiger partial charge is 0.335 e. The van der Waals surface area contributed by atoms with Gasteiger partial charge in [-0.2, -0.15) is 5.10 Å². The van der Waals surface area contributed by atoms with Gasteiger partial charge in [0.15, 0.2) is 0 Å².